The van der Waals surface area contributed by atoms with E-state index in [4.69, 9.17) is 19.6 Å². The Bertz CT molecular complexity index is 614. The Hall–Kier alpha value is -1.64. The number of carbonyl (C=O) groups excluding carboxylic acids is 2. The molecule has 6 nitrogen and oxygen atoms in total. The van der Waals surface area contributed by atoms with Crippen molar-refractivity contribution in [2.45, 2.75) is 37.8 Å². The van der Waals surface area contributed by atoms with Crippen molar-refractivity contribution in [3.63, 3.8) is 0 Å². The monoisotopic (exact) mass is 768 g/mol. The molecule has 1 saturated carbocycles. The minimum absolute atomic E-state index is 0. The molecule has 1 aliphatic carbocycles. The molecule has 0 bridgehead atoms. The Labute approximate surface area is 209 Å². The minimum atomic E-state index is 0. The summed E-state index contributed by atoms with van der Waals surface area (Å²) in [5, 5.41) is 0. The number of aromatic nitrogens is 2. The van der Waals surface area contributed by atoms with Crippen LogP contribution in [0.15, 0.2) is 58.8 Å². The van der Waals surface area contributed by atoms with E-state index in [0.717, 1.165) is 24.2 Å². The van der Waals surface area contributed by atoms with Crippen LogP contribution >= 0.6 is 0 Å². The fourth-order valence-corrected chi connectivity index (χ4v) is 2.69. The molecule has 0 N–H and O–H groups in total. The summed E-state index contributed by atoms with van der Waals surface area (Å²) >= 11 is 0. The Balaban J connectivity index is -0.000000399. The molecule has 0 aromatic carbocycles. The number of hydrogen-bond donors (Lipinski definition) is 0. The minimum Gasteiger partial charge on any atom is -0.573 e. The second-order valence-corrected chi connectivity index (χ2v) is 5.48. The van der Waals surface area contributed by atoms with Gasteiger partial charge in [0, 0.05) is 24.8 Å². The van der Waals surface area contributed by atoms with Crippen LogP contribution in [-0.4, -0.2) is 48.1 Å². The molecule has 2 atom stereocenters. The van der Waals surface area contributed by atoms with Crippen LogP contribution in [-0.2, 0) is 51.7 Å². The summed E-state index contributed by atoms with van der Waals surface area (Å²) in [4.78, 5) is 33.0. The fourth-order valence-electron chi connectivity index (χ4n) is 2.69. The molecule has 30 heavy (non-hydrogen) atoms. The van der Waals surface area contributed by atoms with Crippen LogP contribution in [0.3, 0.4) is 0 Å². The summed E-state index contributed by atoms with van der Waals surface area (Å²) in [5.41, 5.74) is 1.81. The first kappa shape index (κ1) is 35.8. The summed E-state index contributed by atoms with van der Waals surface area (Å²) in [6.07, 6.45) is 12.0. The first-order valence-corrected chi connectivity index (χ1v) is 8.21. The molecule has 2 heterocycles. The van der Waals surface area contributed by atoms with Crippen molar-refractivity contribution in [3.8, 4) is 0 Å². The summed E-state index contributed by atoms with van der Waals surface area (Å²) in [5.74, 6) is 0. The van der Waals surface area contributed by atoms with E-state index in [9.17, 15) is 0 Å². The first-order chi connectivity index (χ1) is 12.9. The van der Waals surface area contributed by atoms with Gasteiger partial charge in [0.1, 0.15) is 0 Å². The average molecular weight is 769 g/mol. The largest absolute Gasteiger partial charge is 2.00 e. The van der Waals surface area contributed by atoms with Crippen LogP contribution in [0.2, 0.25) is 0 Å². The summed E-state index contributed by atoms with van der Waals surface area (Å²) in [7, 11) is 0. The molecule has 3 rings (SSSR count). The summed E-state index contributed by atoms with van der Waals surface area (Å²) in [6, 6.07) is 12.2. The number of rotatable bonds is 4. The molecule has 0 spiro atoms. The second kappa shape index (κ2) is 23.6. The van der Waals surface area contributed by atoms with Gasteiger partial charge >= 0.3 is 42.1 Å². The third-order valence-electron chi connectivity index (χ3n) is 3.87. The van der Waals surface area contributed by atoms with Gasteiger partial charge in [0.15, 0.2) is 0 Å². The Kier molecular flexibility index (Phi) is 28.2. The zero-order valence-corrected chi connectivity index (χ0v) is 21.5. The fraction of sp³-hybridized carbons (Fsp3) is 0.273. The van der Waals surface area contributed by atoms with Gasteiger partial charge in [-0.15, -0.1) is 0 Å². The number of pyridine rings is 2. The normalized spacial score (nSPS) is 16.7. The van der Waals surface area contributed by atoms with Crippen LogP contribution in [0.4, 0.5) is 0 Å². The predicted molar refractivity (Wildman–Crippen MR) is 114 cm³/mol. The van der Waals surface area contributed by atoms with Gasteiger partial charge in [0.25, 0.3) is 0 Å². The Morgan fingerprint density at radius 3 is 1.40 bits per heavy atom. The Morgan fingerprint density at radius 1 is 0.733 bits per heavy atom. The van der Waals surface area contributed by atoms with E-state index in [0.29, 0.717) is 0 Å². The van der Waals surface area contributed by atoms with E-state index in [2.05, 4.69) is 23.5 Å². The van der Waals surface area contributed by atoms with E-state index in [1.807, 2.05) is 48.8 Å². The number of nitrogens with zero attached hydrogens (tertiary/aromatic N) is 4. The molecule has 1 fully saturated rings. The maximum Gasteiger partial charge on any atom is 2.00 e. The van der Waals surface area contributed by atoms with Gasteiger partial charge in [-0.1, -0.05) is 25.0 Å². The third-order valence-corrected chi connectivity index (χ3v) is 3.87. The molecular formula is C22H26N4O2Pt2. The van der Waals surface area contributed by atoms with Crippen molar-refractivity contribution in [2.75, 3.05) is 0 Å². The quantitative estimate of drug-likeness (QED) is 0.353. The molecule has 8 heteroatoms. The molecule has 2 unspecified atom stereocenters. The van der Waals surface area contributed by atoms with Gasteiger partial charge in [0.05, 0.1) is 23.5 Å². The van der Waals surface area contributed by atoms with Crippen molar-refractivity contribution in [2.24, 2.45) is 9.98 Å². The van der Waals surface area contributed by atoms with Crippen LogP contribution < -0.4 is 0 Å². The molecule has 0 aliphatic heterocycles. The zero-order valence-electron chi connectivity index (χ0n) is 17.0. The standard InChI is InChI=1S/C18H20N4.2CO.2CH3.2Pt/c1-2-10-18(22-14-16-8-4-6-12-20-16)17(9-1)21-13-15-7-3-5-11-19-15;2*1-2;;;;/h3-8,11-14,17-18H,1-2,9-10H2;;;2*1H3;;/q;4*-1;2*+2. The molecule has 2 aromatic heterocycles. The van der Waals surface area contributed by atoms with Crippen LogP contribution in [0.5, 0.6) is 0 Å². The third kappa shape index (κ3) is 13.6. The van der Waals surface area contributed by atoms with Crippen molar-refractivity contribution in [3.05, 3.63) is 75.0 Å². The molecule has 0 amide bonds. The first-order valence-electron chi connectivity index (χ1n) is 8.21. The van der Waals surface area contributed by atoms with E-state index >= 15 is 0 Å². The predicted octanol–water partition coefficient (Wildman–Crippen LogP) is 3.43. The molecule has 2 radical (unpaired) electrons. The van der Waals surface area contributed by atoms with Gasteiger partial charge < -0.3 is 38.0 Å². The van der Waals surface area contributed by atoms with E-state index < -0.39 is 0 Å². The second-order valence-electron chi connectivity index (χ2n) is 5.48. The van der Waals surface area contributed by atoms with Crippen molar-refractivity contribution < 1.29 is 51.7 Å². The zero-order chi connectivity index (χ0) is 19.0. The van der Waals surface area contributed by atoms with Gasteiger partial charge in [-0.2, -0.15) is 0 Å². The molecular weight excluding hydrogens is 742 g/mol. The Morgan fingerprint density at radius 2 is 1.10 bits per heavy atom. The summed E-state index contributed by atoms with van der Waals surface area (Å²) in [6.45, 7) is 9.00. The van der Waals surface area contributed by atoms with Gasteiger partial charge in [0.2, 0.25) is 0 Å². The average Bonchev–Trinajstić information content (AvgIpc) is 2.76. The topological polar surface area (TPSA) is 84.6 Å². The molecule has 2 aromatic rings. The molecule has 1 aliphatic rings. The van der Waals surface area contributed by atoms with E-state index in [1.165, 1.54) is 12.8 Å². The van der Waals surface area contributed by atoms with E-state index in [-0.39, 0.29) is 69.1 Å². The van der Waals surface area contributed by atoms with Crippen molar-refractivity contribution in [1.82, 2.24) is 9.97 Å². The van der Waals surface area contributed by atoms with Crippen LogP contribution in [0.1, 0.15) is 37.1 Å². The smallest absolute Gasteiger partial charge is 0.573 e. The van der Waals surface area contributed by atoms with Crippen LogP contribution in [0.25, 0.3) is 0 Å². The van der Waals surface area contributed by atoms with E-state index in [1.54, 1.807) is 12.4 Å². The maximum atomic E-state index is 7.50. The van der Waals surface area contributed by atoms with Crippen LogP contribution in [0, 0.1) is 14.9 Å². The molecule has 0 saturated heterocycles. The number of aliphatic imine (C=N–C) groups is 2. The van der Waals surface area contributed by atoms with Gasteiger partial charge in [-0.3, -0.25) is 20.0 Å². The van der Waals surface area contributed by atoms with Gasteiger partial charge in [-0.05, 0) is 37.1 Å². The maximum absolute atomic E-state index is 7.50. The number of hydrogen-bond acceptors (Lipinski definition) is 6. The van der Waals surface area contributed by atoms with Crippen molar-refractivity contribution in [1.29, 1.82) is 0 Å². The van der Waals surface area contributed by atoms with Crippen molar-refractivity contribution >= 4 is 26.0 Å². The summed E-state index contributed by atoms with van der Waals surface area (Å²) < 4.78 is 0. The SMILES string of the molecule is C(=NC1CCCCC1N=Cc1ccccn1)c1ccccn1.[C-]=O.[C-]=O.[CH3-].[CH3-].[Pt+2].[Pt+2]. The molecule has 166 valence electrons. The van der Waals surface area contributed by atoms with Gasteiger partial charge in [-0.25, -0.2) is 0 Å².